The molecule has 0 spiro atoms. The summed E-state index contributed by atoms with van der Waals surface area (Å²) < 4.78 is 39.0. The van der Waals surface area contributed by atoms with Gasteiger partial charge in [0.15, 0.2) is 0 Å². The first-order chi connectivity index (χ1) is 6.34. The van der Waals surface area contributed by atoms with E-state index in [1.807, 2.05) is 0 Å². The molecule has 1 heterocycles. The number of rotatable bonds is 2. The minimum Gasteiger partial charge on any atom is -0.286 e. The molecule has 0 radical (unpaired) electrons. The number of nitrogens with zero attached hydrogens (tertiary/aromatic N) is 1. The van der Waals surface area contributed by atoms with Gasteiger partial charge in [0.25, 0.3) is 11.6 Å². The Bertz CT molecular complexity index is 282. The molecule has 0 aliphatic carbocycles. The van der Waals surface area contributed by atoms with Crippen LogP contribution < -0.4 is 5.73 Å². The van der Waals surface area contributed by atoms with Crippen LogP contribution in [0.15, 0.2) is 12.2 Å². The average molecular weight is 210 g/mol. The lowest BCUT2D eigenvalue weighted by Crippen LogP contribution is -2.46. The second kappa shape index (κ2) is 3.34. The van der Waals surface area contributed by atoms with Crippen molar-refractivity contribution in [2.24, 2.45) is 5.73 Å². The Labute approximate surface area is 78.0 Å². The molecule has 0 aromatic heterocycles. The molecule has 80 valence electrons. The van der Waals surface area contributed by atoms with Gasteiger partial charge in [-0.05, 0) is 12.5 Å². The van der Waals surface area contributed by atoms with Crippen LogP contribution in [0, 0.1) is 0 Å². The first-order valence-corrected chi connectivity index (χ1v) is 3.89. The number of ketones is 1. The number of hydrogen-bond acceptors (Lipinski definition) is 4. The van der Waals surface area contributed by atoms with E-state index in [0.717, 1.165) is 6.08 Å². The van der Waals surface area contributed by atoms with E-state index in [0.29, 0.717) is 12.5 Å². The van der Waals surface area contributed by atoms with Gasteiger partial charge in [0, 0.05) is 5.29 Å². The number of hydrogen-bond donors (Lipinski definition) is 1. The fourth-order valence-corrected chi connectivity index (χ4v) is 0.952. The maximum atomic E-state index is 13.5. The van der Waals surface area contributed by atoms with E-state index in [1.54, 1.807) is 6.92 Å². The molecule has 1 fully saturated rings. The van der Waals surface area contributed by atoms with Gasteiger partial charge in [-0.1, -0.05) is 13.0 Å². The molecule has 2 N–H and O–H groups in total. The number of nitrogens with two attached hydrogens (primary N) is 1. The topological polar surface area (TPSA) is 55.6 Å². The van der Waals surface area contributed by atoms with Crippen molar-refractivity contribution in [3.63, 3.8) is 0 Å². The van der Waals surface area contributed by atoms with Gasteiger partial charge in [-0.15, -0.1) is 4.48 Å². The van der Waals surface area contributed by atoms with E-state index >= 15 is 0 Å². The number of carbonyl (C=O) groups is 1. The Morgan fingerprint density at radius 3 is 2.57 bits per heavy atom. The molecule has 0 bridgehead atoms. The third kappa shape index (κ3) is 1.54. The molecule has 1 aliphatic heterocycles. The van der Waals surface area contributed by atoms with Gasteiger partial charge in [-0.25, -0.2) is 9.23 Å². The molecule has 0 saturated carbocycles. The highest BCUT2D eigenvalue weighted by Gasteiger charge is 2.64. The van der Waals surface area contributed by atoms with E-state index in [1.165, 1.54) is 0 Å². The Morgan fingerprint density at radius 2 is 2.21 bits per heavy atom. The van der Waals surface area contributed by atoms with Crippen LogP contribution in [0.2, 0.25) is 0 Å². The summed E-state index contributed by atoms with van der Waals surface area (Å²) in [5.74, 6) is -8.56. The molecule has 14 heavy (non-hydrogen) atoms. The quantitative estimate of drug-likeness (QED) is 0.418. The number of Topliss-reactive ketones (excluding diaryl/α,β-unsaturated/α-hetero) is 1. The van der Waals surface area contributed by atoms with Gasteiger partial charge in [0.1, 0.15) is 0 Å². The summed E-state index contributed by atoms with van der Waals surface area (Å²) in [6, 6.07) is 0. The maximum absolute atomic E-state index is 13.5. The summed E-state index contributed by atoms with van der Waals surface area (Å²) in [7, 11) is 0. The van der Waals surface area contributed by atoms with Crippen molar-refractivity contribution in [2.75, 3.05) is 0 Å². The van der Waals surface area contributed by atoms with E-state index in [4.69, 9.17) is 0 Å². The van der Waals surface area contributed by atoms with E-state index in [9.17, 15) is 18.1 Å². The summed E-state index contributed by atoms with van der Waals surface area (Å²) >= 11 is 0. The SMILES string of the molecule is CCC=CC1(F)C(=O)C(N)(F)ON1F. The zero-order chi connectivity index (χ0) is 11.0. The Balaban J connectivity index is 2.99. The second-order valence-electron chi connectivity index (χ2n) is 2.79. The standard InChI is InChI=1S/C7H9F3N2O2/c1-2-3-4-6(8)5(13)7(9,11)14-12(6)10/h3-4H,2,11H2,1H3. The summed E-state index contributed by atoms with van der Waals surface area (Å²) in [6.45, 7) is 1.63. The lowest BCUT2D eigenvalue weighted by molar-refractivity contribution is -0.359. The van der Waals surface area contributed by atoms with Crippen molar-refractivity contribution in [1.82, 2.24) is 5.29 Å². The number of carbonyl (C=O) groups excluding carboxylic acids is 1. The number of hydroxylamine groups is 1. The molecule has 0 aromatic carbocycles. The normalized spacial score (nSPS) is 39.9. The van der Waals surface area contributed by atoms with Crippen molar-refractivity contribution in [2.45, 2.75) is 25.1 Å². The zero-order valence-electron chi connectivity index (χ0n) is 7.34. The number of allylic oxidation sites excluding steroid dienone is 1. The average Bonchev–Trinajstić information content (AvgIpc) is 2.25. The zero-order valence-corrected chi connectivity index (χ0v) is 7.34. The van der Waals surface area contributed by atoms with Gasteiger partial charge in [0.2, 0.25) is 0 Å². The van der Waals surface area contributed by atoms with E-state index < -0.39 is 22.8 Å². The molecular formula is C7H9F3N2O2. The van der Waals surface area contributed by atoms with Crippen molar-refractivity contribution < 1.29 is 22.9 Å². The largest absolute Gasteiger partial charge is 0.347 e. The lowest BCUT2D eigenvalue weighted by atomic mass is 10.1. The highest BCUT2D eigenvalue weighted by molar-refractivity contribution is 5.95. The van der Waals surface area contributed by atoms with Crippen LogP contribution in [-0.2, 0) is 9.63 Å². The molecule has 2 atom stereocenters. The van der Waals surface area contributed by atoms with Crippen LogP contribution in [0.4, 0.5) is 13.3 Å². The molecule has 0 aromatic rings. The Morgan fingerprint density at radius 1 is 1.64 bits per heavy atom. The molecule has 1 saturated heterocycles. The molecule has 1 rings (SSSR count). The summed E-state index contributed by atoms with van der Waals surface area (Å²) in [4.78, 5) is 14.5. The van der Waals surface area contributed by atoms with Gasteiger partial charge < -0.3 is 0 Å². The minimum atomic E-state index is -3.46. The fourth-order valence-electron chi connectivity index (χ4n) is 0.952. The summed E-state index contributed by atoms with van der Waals surface area (Å²) in [5.41, 5.74) is 4.57. The predicted octanol–water partition coefficient (Wildman–Crippen LogP) is 0.901. The van der Waals surface area contributed by atoms with Crippen molar-refractivity contribution in [3.8, 4) is 0 Å². The third-order valence-corrected chi connectivity index (χ3v) is 1.67. The third-order valence-electron chi connectivity index (χ3n) is 1.67. The van der Waals surface area contributed by atoms with Crippen LogP contribution in [0.3, 0.4) is 0 Å². The van der Waals surface area contributed by atoms with E-state index in [-0.39, 0.29) is 0 Å². The minimum absolute atomic E-state index is 0.358. The smallest absolute Gasteiger partial charge is 0.286 e. The van der Waals surface area contributed by atoms with Gasteiger partial charge in [-0.3, -0.25) is 10.5 Å². The first-order valence-electron chi connectivity index (χ1n) is 3.89. The number of alkyl halides is 2. The predicted molar refractivity (Wildman–Crippen MR) is 40.3 cm³/mol. The van der Waals surface area contributed by atoms with Crippen LogP contribution >= 0.6 is 0 Å². The van der Waals surface area contributed by atoms with Crippen LogP contribution in [0.5, 0.6) is 0 Å². The molecule has 7 heteroatoms. The maximum Gasteiger partial charge on any atom is 0.347 e. The first kappa shape index (κ1) is 11.2. The summed E-state index contributed by atoms with van der Waals surface area (Å²) in [5, 5.41) is -1.03. The van der Waals surface area contributed by atoms with Gasteiger partial charge in [-0.2, -0.15) is 4.39 Å². The molecular weight excluding hydrogens is 201 g/mol. The second-order valence-corrected chi connectivity index (χ2v) is 2.79. The molecule has 1 aliphatic rings. The van der Waals surface area contributed by atoms with Crippen molar-refractivity contribution in [1.29, 1.82) is 0 Å². The van der Waals surface area contributed by atoms with Crippen LogP contribution in [0.1, 0.15) is 13.3 Å². The fraction of sp³-hybridized carbons (Fsp3) is 0.571. The van der Waals surface area contributed by atoms with E-state index in [2.05, 4.69) is 10.6 Å². The lowest BCUT2D eigenvalue weighted by Gasteiger charge is -2.13. The highest BCUT2D eigenvalue weighted by Crippen LogP contribution is 2.36. The molecule has 4 nitrogen and oxygen atoms in total. The van der Waals surface area contributed by atoms with Gasteiger partial charge in [0.05, 0.1) is 0 Å². The molecule has 0 amide bonds. The van der Waals surface area contributed by atoms with Gasteiger partial charge >= 0.3 is 5.98 Å². The van der Waals surface area contributed by atoms with Crippen molar-refractivity contribution in [3.05, 3.63) is 12.2 Å². The summed E-state index contributed by atoms with van der Waals surface area (Å²) in [6.07, 6.45) is 2.08. The molecule has 2 unspecified atom stereocenters. The van der Waals surface area contributed by atoms with Crippen LogP contribution in [0.25, 0.3) is 0 Å². The highest BCUT2D eigenvalue weighted by atomic mass is 19.2. The monoisotopic (exact) mass is 210 g/mol. The van der Waals surface area contributed by atoms with Crippen LogP contribution in [-0.4, -0.2) is 22.8 Å². The Kier molecular flexibility index (Phi) is 2.66. The van der Waals surface area contributed by atoms with Crippen molar-refractivity contribution >= 4 is 5.78 Å². The number of halogens is 3. The Hall–Kier alpha value is -0.920.